The van der Waals surface area contributed by atoms with E-state index in [-0.39, 0.29) is 0 Å². The zero-order valence-corrected chi connectivity index (χ0v) is 10.5. The van der Waals surface area contributed by atoms with Crippen LogP contribution in [-0.4, -0.2) is 0 Å². The van der Waals surface area contributed by atoms with Crippen LogP contribution in [0.5, 0.6) is 0 Å². The van der Waals surface area contributed by atoms with E-state index in [4.69, 9.17) is 0 Å². The molecule has 0 aliphatic heterocycles. The Balaban J connectivity index is 2.83. The molecule has 15 heavy (non-hydrogen) atoms. The molecule has 0 N–H and O–H groups in total. The molecule has 0 spiro atoms. The van der Waals surface area contributed by atoms with E-state index in [0.29, 0.717) is 11.8 Å². The Hall–Kier alpha value is -0.780. The van der Waals surface area contributed by atoms with Crippen LogP contribution in [0.2, 0.25) is 0 Å². The maximum Gasteiger partial charge on any atom is -0.0113 e. The van der Waals surface area contributed by atoms with Gasteiger partial charge in [0.1, 0.15) is 0 Å². The van der Waals surface area contributed by atoms with Gasteiger partial charge >= 0.3 is 0 Å². The number of rotatable bonds is 5. The molecule has 0 saturated heterocycles. The van der Waals surface area contributed by atoms with Crippen LogP contribution in [0.25, 0.3) is 0 Å². The Kier molecular flexibility index (Phi) is 4.87. The number of hydrogen-bond acceptors (Lipinski definition) is 0. The van der Waals surface area contributed by atoms with Gasteiger partial charge in [-0.1, -0.05) is 64.8 Å². The molecular formula is C15H23. The SMILES string of the molecule is CCCC(C)C(c1cc[c]cc1)C(C)C. The lowest BCUT2D eigenvalue weighted by atomic mass is 9.77. The van der Waals surface area contributed by atoms with Crippen molar-refractivity contribution in [1.82, 2.24) is 0 Å². The molecule has 1 aromatic rings. The molecule has 0 amide bonds. The molecule has 0 aliphatic carbocycles. The first-order valence-corrected chi connectivity index (χ1v) is 6.12. The van der Waals surface area contributed by atoms with Crippen molar-refractivity contribution in [2.45, 2.75) is 46.5 Å². The van der Waals surface area contributed by atoms with Gasteiger partial charge in [0.2, 0.25) is 0 Å². The van der Waals surface area contributed by atoms with E-state index in [1.165, 1.54) is 18.4 Å². The summed E-state index contributed by atoms with van der Waals surface area (Å²) in [6.07, 6.45) is 2.60. The monoisotopic (exact) mass is 203 g/mol. The summed E-state index contributed by atoms with van der Waals surface area (Å²) in [4.78, 5) is 0. The molecule has 0 saturated carbocycles. The van der Waals surface area contributed by atoms with Crippen molar-refractivity contribution in [3.8, 4) is 0 Å². The normalized spacial score (nSPS) is 15.3. The van der Waals surface area contributed by atoms with Crippen LogP contribution in [0, 0.1) is 17.9 Å². The molecule has 0 aromatic heterocycles. The molecule has 2 unspecified atom stereocenters. The fraction of sp³-hybridized carbons (Fsp3) is 0.600. The van der Waals surface area contributed by atoms with Crippen LogP contribution in [0.15, 0.2) is 24.3 Å². The van der Waals surface area contributed by atoms with E-state index in [9.17, 15) is 0 Å². The summed E-state index contributed by atoms with van der Waals surface area (Å²) in [5.41, 5.74) is 1.48. The minimum absolute atomic E-state index is 0.694. The average Bonchev–Trinajstić information content (AvgIpc) is 2.19. The van der Waals surface area contributed by atoms with E-state index in [0.717, 1.165) is 5.92 Å². The molecular weight excluding hydrogens is 180 g/mol. The van der Waals surface area contributed by atoms with E-state index in [1.54, 1.807) is 0 Å². The van der Waals surface area contributed by atoms with Crippen LogP contribution in [0.1, 0.15) is 52.0 Å². The van der Waals surface area contributed by atoms with Gasteiger partial charge in [0, 0.05) is 0 Å². The minimum atomic E-state index is 0.694. The summed E-state index contributed by atoms with van der Waals surface area (Å²) in [7, 11) is 0. The predicted octanol–water partition coefficient (Wildman–Crippen LogP) is 4.66. The van der Waals surface area contributed by atoms with Gasteiger partial charge in [0.25, 0.3) is 0 Å². The molecule has 1 rings (SSSR count). The third-order valence-corrected chi connectivity index (χ3v) is 3.20. The van der Waals surface area contributed by atoms with E-state index in [1.807, 2.05) is 12.1 Å². The molecule has 83 valence electrons. The summed E-state index contributed by atoms with van der Waals surface area (Å²) in [5, 5.41) is 0. The van der Waals surface area contributed by atoms with Crippen LogP contribution in [0.4, 0.5) is 0 Å². The summed E-state index contributed by atoms with van der Waals surface area (Å²) < 4.78 is 0. The number of benzene rings is 1. The summed E-state index contributed by atoms with van der Waals surface area (Å²) in [5.74, 6) is 2.19. The molecule has 0 nitrogen and oxygen atoms in total. The van der Waals surface area contributed by atoms with Gasteiger partial charge in [0.15, 0.2) is 0 Å². The maximum absolute atomic E-state index is 3.10. The van der Waals surface area contributed by atoms with E-state index >= 15 is 0 Å². The van der Waals surface area contributed by atoms with Crippen molar-refractivity contribution in [2.75, 3.05) is 0 Å². The van der Waals surface area contributed by atoms with Gasteiger partial charge in [-0.15, -0.1) is 0 Å². The average molecular weight is 203 g/mol. The lowest BCUT2D eigenvalue weighted by Gasteiger charge is -2.27. The van der Waals surface area contributed by atoms with Gasteiger partial charge in [-0.25, -0.2) is 0 Å². The zero-order chi connectivity index (χ0) is 11.3. The molecule has 1 radical (unpaired) electrons. The second-order valence-corrected chi connectivity index (χ2v) is 4.87. The topological polar surface area (TPSA) is 0 Å². The lowest BCUT2D eigenvalue weighted by Crippen LogP contribution is -2.15. The van der Waals surface area contributed by atoms with Crippen LogP contribution in [-0.2, 0) is 0 Å². The largest absolute Gasteiger partial charge is 0.0654 e. The fourth-order valence-corrected chi connectivity index (χ4v) is 2.63. The van der Waals surface area contributed by atoms with E-state index in [2.05, 4.69) is 45.9 Å². The highest BCUT2D eigenvalue weighted by molar-refractivity contribution is 5.20. The second-order valence-electron chi connectivity index (χ2n) is 4.87. The Morgan fingerprint density at radius 2 is 1.73 bits per heavy atom. The highest BCUT2D eigenvalue weighted by Gasteiger charge is 2.21. The summed E-state index contributed by atoms with van der Waals surface area (Å²) in [6, 6.07) is 11.6. The van der Waals surface area contributed by atoms with Crippen LogP contribution in [0.3, 0.4) is 0 Å². The smallest absolute Gasteiger partial charge is 0.0113 e. The molecule has 2 atom stereocenters. The van der Waals surface area contributed by atoms with Crippen molar-refractivity contribution in [3.63, 3.8) is 0 Å². The molecule has 0 heterocycles. The van der Waals surface area contributed by atoms with E-state index < -0.39 is 0 Å². The molecule has 0 aliphatic rings. The number of hydrogen-bond donors (Lipinski definition) is 0. The first kappa shape index (κ1) is 12.3. The highest BCUT2D eigenvalue weighted by Crippen LogP contribution is 2.34. The summed E-state index contributed by atoms with van der Waals surface area (Å²) >= 11 is 0. The van der Waals surface area contributed by atoms with Crippen molar-refractivity contribution in [3.05, 3.63) is 35.9 Å². The Bertz CT molecular complexity index is 261. The maximum atomic E-state index is 3.10. The van der Waals surface area contributed by atoms with Gasteiger partial charge in [-0.3, -0.25) is 0 Å². The van der Waals surface area contributed by atoms with Crippen molar-refractivity contribution >= 4 is 0 Å². The Morgan fingerprint density at radius 3 is 2.20 bits per heavy atom. The highest BCUT2D eigenvalue weighted by atomic mass is 14.3. The molecule has 0 fully saturated rings. The van der Waals surface area contributed by atoms with Gasteiger partial charge in [0.05, 0.1) is 0 Å². The van der Waals surface area contributed by atoms with Crippen molar-refractivity contribution in [2.24, 2.45) is 11.8 Å². The zero-order valence-electron chi connectivity index (χ0n) is 10.5. The molecule has 0 bridgehead atoms. The standard InChI is InChI=1S/C15H23/c1-5-9-13(4)15(12(2)3)14-10-7-6-8-11-14/h7-8,10-13,15H,5,9H2,1-4H3. The minimum Gasteiger partial charge on any atom is -0.0654 e. The van der Waals surface area contributed by atoms with Gasteiger partial charge in [-0.05, 0) is 29.4 Å². The summed E-state index contributed by atoms with van der Waals surface area (Å²) in [6.45, 7) is 9.30. The van der Waals surface area contributed by atoms with Crippen molar-refractivity contribution < 1.29 is 0 Å². The predicted molar refractivity (Wildman–Crippen MR) is 66.9 cm³/mol. The van der Waals surface area contributed by atoms with Crippen LogP contribution >= 0.6 is 0 Å². The Labute approximate surface area is 94.7 Å². The third-order valence-electron chi connectivity index (χ3n) is 3.20. The Morgan fingerprint density at radius 1 is 1.13 bits per heavy atom. The third kappa shape index (κ3) is 3.37. The van der Waals surface area contributed by atoms with Gasteiger partial charge in [-0.2, -0.15) is 0 Å². The van der Waals surface area contributed by atoms with Gasteiger partial charge < -0.3 is 0 Å². The molecule has 1 aromatic carbocycles. The molecule has 0 heteroatoms. The van der Waals surface area contributed by atoms with Crippen LogP contribution < -0.4 is 0 Å². The fourth-order valence-electron chi connectivity index (χ4n) is 2.63. The second kappa shape index (κ2) is 5.95. The lowest BCUT2D eigenvalue weighted by molar-refractivity contribution is 0.344. The van der Waals surface area contributed by atoms with Crippen molar-refractivity contribution in [1.29, 1.82) is 0 Å². The first-order valence-electron chi connectivity index (χ1n) is 6.12. The quantitative estimate of drug-likeness (QED) is 0.652. The first-order chi connectivity index (χ1) is 7.16.